The molecule has 1 aromatic rings. The molecule has 1 atom stereocenters. The molecule has 0 spiro atoms. The number of rotatable bonds is 2. The van der Waals surface area contributed by atoms with Crippen LogP contribution in [-0.2, 0) is 4.79 Å². The number of hydrogen-bond acceptors (Lipinski definition) is 3. The van der Waals surface area contributed by atoms with E-state index in [2.05, 4.69) is 4.99 Å². The van der Waals surface area contributed by atoms with Gasteiger partial charge in [-0.3, -0.25) is 0 Å². The molecule has 0 aliphatic heterocycles. The summed E-state index contributed by atoms with van der Waals surface area (Å²) >= 11 is 0. The molecule has 1 aromatic carbocycles. The molecule has 0 aliphatic carbocycles. The first kappa shape index (κ1) is 8.19. The van der Waals surface area contributed by atoms with E-state index in [9.17, 15) is 4.79 Å². The molecule has 0 saturated heterocycles. The third-order valence-electron chi connectivity index (χ3n) is 1.42. The molecule has 1 rings (SSSR count). The molecule has 3 heteroatoms. The molecule has 0 aromatic heterocycles. The lowest BCUT2D eigenvalue weighted by Gasteiger charge is -1.98. The first-order chi connectivity index (χ1) is 5.88. The number of benzene rings is 1. The summed E-state index contributed by atoms with van der Waals surface area (Å²) in [6.07, 6.45) is 1.37. The van der Waals surface area contributed by atoms with Gasteiger partial charge in [0.25, 0.3) is 0 Å². The molecule has 58 valence electrons. The second-order valence-corrected chi connectivity index (χ2v) is 2.16. The Kier molecular flexibility index (Phi) is 2.78. The van der Waals surface area contributed by atoms with Crippen LogP contribution >= 0.6 is 0 Å². The molecule has 3 nitrogen and oxygen atoms in total. The first-order valence-electron chi connectivity index (χ1n) is 3.40. The van der Waals surface area contributed by atoms with Gasteiger partial charge in [0.15, 0.2) is 6.04 Å². The standard InChI is InChI=1S/C9H6N2O/c10-6-9(11-7-12)8-4-2-1-3-5-8/h1-5,9H. The highest BCUT2D eigenvalue weighted by molar-refractivity contribution is 5.37. The number of aliphatic imine (C=N–C) groups is 1. The number of isocyanates is 1. The number of nitriles is 1. The number of hydrogen-bond donors (Lipinski definition) is 0. The van der Waals surface area contributed by atoms with Gasteiger partial charge in [0.1, 0.15) is 0 Å². The van der Waals surface area contributed by atoms with Crippen LogP contribution in [0, 0.1) is 11.3 Å². The average Bonchev–Trinajstić information content (AvgIpc) is 2.15. The summed E-state index contributed by atoms with van der Waals surface area (Å²) in [5.74, 6) is 0. The van der Waals surface area contributed by atoms with Crippen LogP contribution in [-0.4, -0.2) is 6.08 Å². The fourth-order valence-electron chi connectivity index (χ4n) is 0.866. The molecule has 0 saturated carbocycles. The van der Waals surface area contributed by atoms with Crippen LogP contribution in [0.5, 0.6) is 0 Å². The zero-order chi connectivity index (χ0) is 8.81. The fourth-order valence-corrected chi connectivity index (χ4v) is 0.866. The molecule has 12 heavy (non-hydrogen) atoms. The number of carbonyl (C=O) groups excluding carboxylic acids is 1. The van der Waals surface area contributed by atoms with E-state index in [0.29, 0.717) is 5.56 Å². The molecular formula is C9H6N2O. The van der Waals surface area contributed by atoms with Crippen molar-refractivity contribution in [3.8, 4) is 6.07 Å². The van der Waals surface area contributed by atoms with Crippen molar-refractivity contribution in [3.63, 3.8) is 0 Å². The van der Waals surface area contributed by atoms with E-state index in [-0.39, 0.29) is 0 Å². The van der Waals surface area contributed by atoms with Gasteiger partial charge in [-0.2, -0.15) is 10.3 Å². The third kappa shape index (κ3) is 1.79. The minimum atomic E-state index is -0.719. The minimum absolute atomic E-state index is 0.711. The third-order valence-corrected chi connectivity index (χ3v) is 1.42. The molecular weight excluding hydrogens is 152 g/mol. The smallest absolute Gasteiger partial charge is 0.211 e. The predicted octanol–water partition coefficient (Wildman–Crippen LogP) is 1.59. The average molecular weight is 158 g/mol. The van der Waals surface area contributed by atoms with E-state index in [0.717, 1.165) is 0 Å². The van der Waals surface area contributed by atoms with Crippen LogP contribution in [0.1, 0.15) is 11.6 Å². The van der Waals surface area contributed by atoms with Crippen LogP contribution in [0.2, 0.25) is 0 Å². The Morgan fingerprint density at radius 2 is 2.00 bits per heavy atom. The van der Waals surface area contributed by atoms with Gasteiger partial charge in [0.2, 0.25) is 6.08 Å². The normalized spacial score (nSPS) is 10.9. The zero-order valence-electron chi connectivity index (χ0n) is 6.27. The topological polar surface area (TPSA) is 53.2 Å². The van der Waals surface area contributed by atoms with Crippen LogP contribution in [0.4, 0.5) is 0 Å². The van der Waals surface area contributed by atoms with E-state index < -0.39 is 6.04 Å². The lowest BCUT2D eigenvalue weighted by Crippen LogP contribution is -1.89. The summed E-state index contributed by atoms with van der Waals surface area (Å²) in [5.41, 5.74) is 0.711. The summed E-state index contributed by atoms with van der Waals surface area (Å²) in [5, 5.41) is 8.59. The maximum atomic E-state index is 9.90. The van der Waals surface area contributed by atoms with E-state index in [4.69, 9.17) is 5.26 Å². The molecule has 0 amide bonds. The van der Waals surface area contributed by atoms with Gasteiger partial charge >= 0.3 is 0 Å². The summed E-state index contributed by atoms with van der Waals surface area (Å²) in [4.78, 5) is 13.3. The molecule has 0 radical (unpaired) electrons. The Morgan fingerprint density at radius 1 is 1.33 bits per heavy atom. The fraction of sp³-hybridized carbons (Fsp3) is 0.111. The van der Waals surface area contributed by atoms with Gasteiger partial charge in [-0.05, 0) is 5.56 Å². The Labute approximate surface area is 70.0 Å². The van der Waals surface area contributed by atoms with Gasteiger partial charge in [0.05, 0.1) is 6.07 Å². The maximum Gasteiger partial charge on any atom is 0.236 e. The number of nitrogens with zero attached hydrogens (tertiary/aromatic N) is 2. The van der Waals surface area contributed by atoms with Crippen molar-refractivity contribution >= 4 is 6.08 Å². The van der Waals surface area contributed by atoms with Crippen molar-refractivity contribution in [2.45, 2.75) is 6.04 Å². The van der Waals surface area contributed by atoms with E-state index >= 15 is 0 Å². The molecule has 0 aliphatic rings. The van der Waals surface area contributed by atoms with Crippen molar-refractivity contribution in [2.24, 2.45) is 4.99 Å². The van der Waals surface area contributed by atoms with E-state index in [1.807, 2.05) is 12.1 Å². The SMILES string of the molecule is N#CC(N=C=O)c1ccccc1. The highest BCUT2D eigenvalue weighted by Crippen LogP contribution is 2.14. The molecule has 1 unspecified atom stereocenters. The quantitative estimate of drug-likeness (QED) is 0.484. The summed E-state index contributed by atoms with van der Waals surface area (Å²) in [6, 6.07) is 10.1. The molecule has 0 bridgehead atoms. The first-order valence-corrected chi connectivity index (χ1v) is 3.40. The lowest BCUT2D eigenvalue weighted by atomic mass is 10.1. The van der Waals surface area contributed by atoms with Crippen molar-refractivity contribution < 1.29 is 4.79 Å². The predicted molar refractivity (Wildman–Crippen MR) is 42.9 cm³/mol. The summed E-state index contributed by atoms with van der Waals surface area (Å²) in [7, 11) is 0. The van der Waals surface area contributed by atoms with Crippen LogP contribution in [0.15, 0.2) is 35.3 Å². The van der Waals surface area contributed by atoms with Crippen LogP contribution in [0.3, 0.4) is 0 Å². The van der Waals surface area contributed by atoms with Crippen molar-refractivity contribution in [1.29, 1.82) is 5.26 Å². The molecule has 0 fully saturated rings. The Hall–Kier alpha value is -1.91. The van der Waals surface area contributed by atoms with Crippen LogP contribution in [0.25, 0.3) is 0 Å². The Morgan fingerprint density at radius 3 is 2.50 bits per heavy atom. The van der Waals surface area contributed by atoms with Gasteiger partial charge in [-0.15, -0.1) is 0 Å². The van der Waals surface area contributed by atoms with Gasteiger partial charge < -0.3 is 0 Å². The highest BCUT2D eigenvalue weighted by Gasteiger charge is 2.05. The summed E-state index contributed by atoms with van der Waals surface area (Å²) < 4.78 is 0. The monoisotopic (exact) mass is 158 g/mol. The zero-order valence-corrected chi connectivity index (χ0v) is 6.27. The highest BCUT2D eigenvalue weighted by atomic mass is 16.1. The minimum Gasteiger partial charge on any atom is -0.211 e. The second-order valence-electron chi connectivity index (χ2n) is 2.16. The van der Waals surface area contributed by atoms with Gasteiger partial charge in [-0.1, -0.05) is 30.3 Å². The van der Waals surface area contributed by atoms with Crippen molar-refractivity contribution in [1.82, 2.24) is 0 Å². The lowest BCUT2D eigenvalue weighted by molar-refractivity contribution is 0.561. The Bertz CT molecular complexity index is 333. The van der Waals surface area contributed by atoms with E-state index in [1.54, 1.807) is 24.3 Å². The molecule has 0 N–H and O–H groups in total. The van der Waals surface area contributed by atoms with Gasteiger partial charge in [0, 0.05) is 0 Å². The Balaban J connectivity index is 2.97. The van der Waals surface area contributed by atoms with Crippen molar-refractivity contribution in [3.05, 3.63) is 35.9 Å². The second kappa shape index (κ2) is 4.07. The van der Waals surface area contributed by atoms with Gasteiger partial charge in [-0.25, -0.2) is 4.79 Å². The largest absolute Gasteiger partial charge is 0.236 e. The van der Waals surface area contributed by atoms with Crippen LogP contribution < -0.4 is 0 Å². The summed E-state index contributed by atoms with van der Waals surface area (Å²) in [6.45, 7) is 0. The maximum absolute atomic E-state index is 9.90. The van der Waals surface area contributed by atoms with Crippen molar-refractivity contribution in [2.75, 3.05) is 0 Å². The molecule has 0 heterocycles. The van der Waals surface area contributed by atoms with E-state index in [1.165, 1.54) is 6.08 Å².